The van der Waals surface area contributed by atoms with Gasteiger partial charge in [-0.3, -0.25) is 4.79 Å². The van der Waals surface area contributed by atoms with Crippen LogP contribution in [0.5, 0.6) is 0 Å². The molecule has 0 aliphatic heterocycles. The maximum Gasteiger partial charge on any atom is 0.137 e. The summed E-state index contributed by atoms with van der Waals surface area (Å²) in [4.78, 5) is 11.7. The van der Waals surface area contributed by atoms with Crippen molar-refractivity contribution in [3.05, 3.63) is 34.9 Å². The molecule has 15 heavy (non-hydrogen) atoms. The Kier molecular flexibility index (Phi) is 2.90. The highest BCUT2D eigenvalue weighted by Gasteiger charge is 2.24. The number of hydrogen-bond acceptors (Lipinski definition) is 1. The number of hydrogen-bond donors (Lipinski definition) is 0. The molecule has 0 spiro atoms. The summed E-state index contributed by atoms with van der Waals surface area (Å²) in [5, 5.41) is 0. The summed E-state index contributed by atoms with van der Waals surface area (Å²) in [6, 6.07) is 6.32. The van der Waals surface area contributed by atoms with Crippen LogP contribution in [0, 0.1) is 19.8 Å². The van der Waals surface area contributed by atoms with Crippen LogP contribution in [0.2, 0.25) is 0 Å². The molecule has 0 unspecified atom stereocenters. The number of Topliss-reactive ketones (excluding diaryl/α,β-unsaturated/α-hetero) is 1. The van der Waals surface area contributed by atoms with Gasteiger partial charge in [0.2, 0.25) is 0 Å². The van der Waals surface area contributed by atoms with E-state index in [1.54, 1.807) is 0 Å². The van der Waals surface area contributed by atoms with Crippen LogP contribution in [0.3, 0.4) is 0 Å². The monoisotopic (exact) mass is 202 g/mol. The zero-order chi connectivity index (χ0) is 10.8. The molecular weight excluding hydrogens is 184 g/mol. The number of carbonyl (C=O) groups excluding carboxylic acids is 1. The molecule has 0 aromatic heterocycles. The molecule has 0 bridgehead atoms. The van der Waals surface area contributed by atoms with E-state index in [1.807, 2.05) is 0 Å². The lowest BCUT2D eigenvalue weighted by molar-refractivity contribution is -0.118. The molecule has 1 nitrogen and oxygen atoms in total. The minimum atomic E-state index is 0.403. The highest BCUT2D eigenvalue weighted by molar-refractivity contribution is 5.81. The van der Waals surface area contributed by atoms with Crippen LogP contribution in [-0.4, -0.2) is 5.78 Å². The number of aryl methyl sites for hydroxylation is 2. The Labute approximate surface area is 91.5 Å². The van der Waals surface area contributed by atoms with Gasteiger partial charge in [-0.1, -0.05) is 18.2 Å². The van der Waals surface area contributed by atoms with Crippen LogP contribution in [0.1, 0.15) is 36.0 Å². The third kappa shape index (κ3) is 2.92. The van der Waals surface area contributed by atoms with Crippen molar-refractivity contribution >= 4 is 5.78 Å². The van der Waals surface area contributed by atoms with E-state index in [9.17, 15) is 4.79 Å². The molecule has 80 valence electrons. The second-order valence-corrected chi connectivity index (χ2v) is 4.78. The zero-order valence-corrected chi connectivity index (χ0v) is 9.55. The van der Waals surface area contributed by atoms with Crippen LogP contribution >= 0.6 is 0 Å². The molecule has 1 aromatic rings. The summed E-state index contributed by atoms with van der Waals surface area (Å²) < 4.78 is 0. The van der Waals surface area contributed by atoms with Gasteiger partial charge in [0.15, 0.2) is 0 Å². The molecule has 1 aliphatic rings. The van der Waals surface area contributed by atoms with E-state index in [2.05, 4.69) is 32.0 Å². The first-order valence-electron chi connectivity index (χ1n) is 5.73. The Hall–Kier alpha value is -1.11. The Morgan fingerprint density at radius 2 is 2.00 bits per heavy atom. The average Bonchev–Trinajstić information content (AvgIpc) is 2.95. The van der Waals surface area contributed by atoms with Crippen molar-refractivity contribution in [2.24, 2.45) is 5.92 Å². The van der Waals surface area contributed by atoms with Gasteiger partial charge in [0, 0.05) is 12.8 Å². The smallest absolute Gasteiger partial charge is 0.137 e. The van der Waals surface area contributed by atoms with Crippen molar-refractivity contribution in [1.29, 1.82) is 0 Å². The highest BCUT2D eigenvalue weighted by atomic mass is 16.1. The fourth-order valence-electron chi connectivity index (χ4n) is 1.86. The molecule has 1 aromatic carbocycles. The Balaban J connectivity index is 1.97. The van der Waals surface area contributed by atoms with Crippen molar-refractivity contribution < 1.29 is 4.79 Å². The topological polar surface area (TPSA) is 17.1 Å². The second-order valence-electron chi connectivity index (χ2n) is 4.78. The highest BCUT2D eigenvalue weighted by Crippen LogP contribution is 2.32. The summed E-state index contributed by atoms with van der Waals surface area (Å²) in [7, 11) is 0. The number of ketones is 1. The van der Waals surface area contributed by atoms with Gasteiger partial charge in [0.1, 0.15) is 5.78 Å². The first-order chi connectivity index (χ1) is 7.15. The SMILES string of the molecule is Cc1ccc(CC(=O)CC2CC2)cc1C. The molecule has 0 N–H and O–H groups in total. The lowest BCUT2D eigenvalue weighted by Crippen LogP contribution is -2.03. The first-order valence-corrected chi connectivity index (χ1v) is 5.73. The van der Waals surface area contributed by atoms with Crippen LogP contribution in [0.25, 0.3) is 0 Å². The Morgan fingerprint density at radius 3 is 2.60 bits per heavy atom. The maximum atomic E-state index is 11.7. The molecule has 0 amide bonds. The van der Waals surface area contributed by atoms with E-state index >= 15 is 0 Å². The molecule has 1 heteroatoms. The standard InChI is InChI=1S/C14H18O/c1-10-3-4-13(7-11(10)2)9-14(15)8-12-5-6-12/h3-4,7,12H,5-6,8-9H2,1-2H3. The van der Waals surface area contributed by atoms with E-state index in [0.29, 0.717) is 18.1 Å². The van der Waals surface area contributed by atoms with Crippen molar-refractivity contribution in [3.63, 3.8) is 0 Å². The normalized spacial score (nSPS) is 15.3. The summed E-state index contributed by atoms with van der Waals surface area (Å²) in [5.41, 5.74) is 3.75. The third-order valence-corrected chi connectivity index (χ3v) is 3.19. The van der Waals surface area contributed by atoms with Crippen LogP contribution in [-0.2, 0) is 11.2 Å². The fourth-order valence-corrected chi connectivity index (χ4v) is 1.86. The zero-order valence-electron chi connectivity index (χ0n) is 9.55. The van der Waals surface area contributed by atoms with Gasteiger partial charge < -0.3 is 0 Å². The molecule has 0 heterocycles. The van der Waals surface area contributed by atoms with Crippen molar-refractivity contribution in [1.82, 2.24) is 0 Å². The third-order valence-electron chi connectivity index (χ3n) is 3.19. The summed E-state index contributed by atoms with van der Waals surface area (Å²) in [6.45, 7) is 4.20. The van der Waals surface area contributed by atoms with Crippen LogP contribution < -0.4 is 0 Å². The molecular formula is C14H18O. The number of benzene rings is 1. The second kappa shape index (κ2) is 4.18. The first kappa shape index (κ1) is 10.4. The van der Waals surface area contributed by atoms with Crippen molar-refractivity contribution in [3.8, 4) is 0 Å². The predicted molar refractivity (Wildman–Crippen MR) is 62.0 cm³/mol. The van der Waals surface area contributed by atoms with Gasteiger partial charge in [-0.05, 0) is 49.3 Å². The average molecular weight is 202 g/mol. The van der Waals surface area contributed by atoms with E-state index in [-0.39, 0.29) is 0 Å². The lowest BCUT2D eigenvalue weighted by Gasteiger charge is -2.04. The largest absolute Gasteiger partial charge is 0.299 e. The van der Waals surface area contributed by atoms with Gasteiger partial charge in [-0.15, -0.1) is 0 Å². The maximum absolute atomic E-state index is 11.7. The summed E-state index contributed by atoms with van der Waals surface area (Å²) in [6.07, 6.45) is 3.95. The van der Waals surface area contributed by atoms with E-state index in [4.69, 9.17) is 0 Å². The van der Waals surface area contributed by atoms with Crippen LogP contribution in [0.15, 0.2) is 18.2 Å². The Morgan fingerprint density at radius 1 is 1.27 bits per heavy atom. The van der Waals surface area contributed by atoms with Crippen molar-refractivity contribution in [2.45, 2.75) is 39.5 Å². The van der Waals surface area contributed by atoms with Gasteiger partial charge in [0.25, 0.3) is 0 Å². The fraction of sp³-hybridized carbons (Fsp3) is 0.500. The quantitative estimate of drug-likeness (QED) is 0.732. The molecule has 1 saturated carbocycles. The molecule has 0 saturated heterocycles. The summed E-state index contributed by atoms with van der Waals surface area (Å²) >= 11 is 0. The minimum absolute atomic E-state index is 0.403. The summed E-state index contributed by atoms with van der Waals surface area (Å²) in [5.74, 6) is 1.12. The minimum Gasteiger partial charge on any atom is -0.299 e. The lowest BCUT2D eigenvalue weighted by atomic mass is 10.0. The number of rotatable bonds is 4. The van der Waals surface area contributed by atoms with E-state index in [0.717, 1.165) is 6.42 Å². The molecule has 0 radical (unpaired) electrons. The van der Waals surface area contributed by atoms with Crippen LogP contribution in [0.4, 0.5) is 0 Å². The number of carbonyl (C=O) groups is 1. The van der Waals surface area contributed by atoms with Crippen molar-refractivity contribution in [2.75, 3.05) is 0 Å². The van der Waals surface area contributed by atoms with Gasteiger partial charge in [0.05, 0.1) is 0 Å². The molecule has 1 fully saturated rings. The Bertz CT molecular complexity index is 375. The molecule has 1 aliphatic carbocycles. The van der Waals surface area contributed by atoms with E-state index in [1.165, 1.54) is 29.5 Å². The van der Waals surface area contributed by atoms with E-state index < -0.39 is 0 Å². The molecule has 0 atom stereocenters. The predicted octanol–water partition coefficient (Wildman–Crippen LogP) is 3.22. The van der Waals surface area contributed by atoms with Gasteiger partial charge >= 0.3 is 0 Å². The van der Waals surface area contributed by atoms with Gasteiger partial charge in [-0.2, -0.15) is 0 Å². The van der Waals surface area contributed by atoms with Gasteiger partial charge in [-0.25, -0.2) is 0 Å². The molecule has 2 rings (SSSR count).